The van der Waals surface area contributed by atoms with Crippen molar-refractivity contribution in [2.75, 3.05) is 17.1 Å². The van der Waals surface area contributed by atoms with Gasteiger partial charge in [-0.05, 0) is 61.2 Å². The van der Waals surface area contributed by atoms with Crippen molar-refractivity contribution >= 4 is 27.3 Å². The number of allylic oxidation sites excluding steroid dienone is 2. The van der Waals surface area contributed by atoms with Crippen molar-refractivity contribution in [1.29, 1.82) is 0 Å². The van der Waals surface area contributed by atoms with Gasteiger partial charge in [-0.2, -0.15) is 0 Å². The molecule has 0 saturated heterocycles. The summed E-state index contributed by atoms with van der Waals surface area (Å²) in [4.78, 5) is 12.1. The summed E-state index contributed by atoms with van der Waals surface area (Å²) in [6.07, 6.45) is 6.41. The van der Waals surface area contributed by atoms with Gasteiger partial charge in [0.25, 0.3) is 10.0 Å². The minimum Gasteiger partial charge on any atom is -0.495 e. The van der Waals surface area contributed by atoms with Crippen molar-refractivity contribution in [3.05, 3.63) is 60.4 Å². The molecule has 0 spiro atoms. The molecule has 0 aliphatic heterocycles. The molecule has 1 aliphatic carbocycles. The lowest BCUT2D eigenvalue weighted by atomic mass is 10.1. The number of anilines is 2. The molecule has 1 atom stereocenters. The molecule has 2 aromatic carbocycles. The van der Waals surface area contributed by atoms with Crippen molar-refractivity contribution in [2.24, 2.45) is 5.92 Å². The van der Waals surface area contributed by atoms with Crippen LogP contribution in [0.1, 0.15) is 19.3 Å². The second kappa shape index (κ2) is 8.43. The van der Waals surface area contributed by atoms with Crippen LogP contribution in [-0.4, -0.2) is 21.4 Å². The van der Waals surface area contributed by atoms with E-state index in [0.717, 1.165) is 25.0 Å². The Morgan fingerprint density at radius 3 is 2.61 bits per heavy atom. The van der Waals surface area contributed by atoms with E-state index in [9.17, 15) is 17.6 Å². The minimum absolute atomic E-state index is 0.0848. The molecule has 0 saturated carbocycles. The Bertz CT molecular complexity index is 988. The van der Waals surface area contributed by atoms with Crippen LogP contribution < -0.4 is 14.8 Å². The zero-order chi connectivity index (χ0) is 20.1. The molecule has 0 fully saturated rings. The highest BCUT2D eigenvalue weighted by Gasteiger charge is 2.18. The third-order valence-electron chi connectivity index (χ3n) is 4.41. The van der Waals surface area contributed by atoms with E-state index in [-0.39, 0.29) is 22.4 Å². The van der Waals surface area contributed by atoms with Crippen LogP contribution in [-0.2, 0) is 14.8 Å². The van der Waals surface area contributed by atoms with E-state index in [1.807, 2.05) is 6.08 Å². The zero-order valence-electron chi connectivity index (χ0n) is 15.3. The Labute approximate surface area is 163 Å². The molecular formula is C20H21FN2O4S. The largest absolute Gasteiger partial charge is 0.495 e. The van der Waals surface area contributed by atoms with Gasteiger partial charge in [-0.25, -0.2) is 12.8 Å². The Hall–Kier alpha value is -2.87. The first kappa shape index (κ1) is 19.9. The predicted molar refractivity (Wildman–Crippen MR) is 105 cm³/mol. The fourth-order valence-corrected chi connectivity index (χ4v) is 4.06. The van der Waals surface area contributed by atoms with Crippen molar-refractivity contribution in [1.82, 2.24) is 0 Å². The molecule has 0 unspecified atom stereocenters. The molecule has 1 aliphatic rings. The summed E-state index contributed by atoms with van der Waals surface area (Å²) in [5.41, 5.74) is 0.620. The van der Waals surface area contributed by atoms with Gasteiger partial charge < -0.3 is 10.1 Å². The third-order valence-corrected chi connectivity index (χ3v) is 5.79. The molecule has 2 N–H and O–H groups in total. The van der Waals surface area contributed by atoms with E-state index in [0.29, 0.717) is 17.9 Å². The number of benzene rings is 2. The summed E-state index contributed by atoms with van der Waals surface area (Å²) in [5, 5.41) is 2.78. The summed E-state index contributed by atoms with van der Waals surface area (Å²) >= 11 is 0. The highest BCUT2D eigenvalue weighted by atomic mass is 32.2. The van der Waals surface area contributed by atoms with Crippen LogP contribution in [0.4, 0.5) is 15.8 Å². The number of carbonyl (C=O) groups excluding carboxylic acids is 1. The number of ether oxygens (including phenoxy) is 1. The van der Waals surface area contributed by atoms with Gasteiger partial charge in [-0.1, -0.05) is 12.2 Å². The molecule has 0 heterocycles. The Morgan fingerprint density at radius 2 is 1.96 bits per heavy atom. The number of carbonyl (C=O) groups is 1. The summed E-state index contributed by atoms with van der Waals surface area (Å²) in [6, 6.07) is 9.17. The van der Waals surface area contributed by atoms with Crippen LogP contribution >= 0.6 is 0 Å². The average Bonchev–Trinajstić information content (AvgIpc) is 3.15. The molecule has 3 rings (SSSR count). The number of methoxy groups -OCH3 is 1. The zero-order valence-corrected chi connectivity index (χ0v) is 16.1. The number of hydrogen-bond donors (Lipinski definition) is 2. The summed E-state index contributed by atoms with van der Waals surface area (Å²) < 4.78 is 45.8. The molecule has 1 amide bonds. The first-order chi connectivity index (χ1) is 13.4. The maximum Gasteiger partial charge on any atom is 0.262 e. The Morgan fingerprint density at radius 1 is 1.21 bits per heavy atom. The number of halogens is 1. The second-order valence-corrected chi connectivity index (χ2v) is 8.17. The third kappa shape index (κ3) is 4.89. The minimum atomic E-state index is -3.95. The lowest BCUT2D eigenvalue weighted by Crippen LogP contribution is -2.16. The molecule has 6 nitrogen and oxygen atoms in total. The summed E-state index contributed by atoms with van der Waals surface area (Å²) in [7, 11) is -2.53. The van der Waals surface area contributed by atoms with Crippen molar-refractivity contribution in [3.63, 3.8) is 0 Å². The lowest BCUT2D eigenvalue weighted by molar-refractivity contribution is -0.116. The molecule has 0 bridgehead atoms. The molecule has 0 aromatic heterocycles. The molecule has 2 aromatic rings. The standard InChI is InChI=1S/C20H21FN2O4S/c1-27-19-11-8-16(22-20(24)12-14-4-2-3-5-14)13-18(19)23-28(25,26)17-9-6-15(21)7-10-17/h2,4,6-11,13-14,23H,3,5,12H2,1H3,(H,22,24)/t14-/m1/s1. The fourth-order valence-electron chi connectivity index (χ4n) is 3.00. The van der Waals surface area contributed by atoms with Gasteiger partial charge in [0.2, 0.25) is 5.91 Å². The quantitative estimate of drug-likeness (QED) is 0.685. The van der Waals surface area contributed by atoms with Crippen LogP contribution in [0.25, 0.3) is 0 Å². The fraction of sp³-hybridized carbons (Fsp3) is 0.250. The van der Waals surface area contributed by atoms with Gasteiger partial charge in [0.05, 0.1) is 17.7 Å². The van der Waals surface area contributed by atoms with Gasteiger partial charge in [0, 0.05) is 12.1 Å². The average molecular weight is 404 g/mol. The molecule has 8 heteroatoms. The Kier molecular flexibility index (Phi) is 5.99. The number of nitrogens with one attached hydrogen (secondary N) is 2. The van der Waals surface area contributed by atoms with Gasteiger partial charge in [0.1, 0.15) is 11.6 Å². The van der Waals surface area contributed by atoms with Crippen molar-refractivity contribution in [3.8, 4) is 5.75 Å². The molecule has 148 valence electrons. The smallest absolute Gasteiger partial charge is 0.262 e. The maximum atomic E-state index is 13.1. The number of sulfonamides is 1. The highest BCUT2D eigenvalue weighted by molar-refractivity contribution is 7.92. The monoisotopic (exact) mass is 404 g/mol. The van der Waals surface area contributed by atoms with Crippen LogP contribution in [0.2, 0.25) is 0 Å². The first-order valence-electron chi connectivity index (χ1n) is 8.80. The summed E-state index contributed by atoms with van der Waals surface area (Å²) in [5.74, 6) is -0.149. The predicted octanol–water partition coefficient (Wildman–Crippen LogP) is 3.93. The first-order valence-corrected chi connectivity index (χ1v) is 10.3. The van der Waals surface area contributed by atoms with Crippen molar-refractivity contribution < 1.29 is 22.3 Å². The molecule has 0 radical (unpaired) electrons. The van der Waals surface area contributed by atoms with Gasteiger partial charge in [0.15, 0.2) is 0 Å². The van der Waals surface area contributed by atoms with Gasteiger partial charge >= 0.3 is 0 Å². The van der Waals surface area contributed by atoms with Crippen LogP contribution in [0.5, 0.6) is 5.75 Å². The molecule has 28 heavy (non-hydrogen) atoms. The van der Waals surface area contributed by atoms with E-state index < -0.39 is 15.8 Å². The van der Waals surface area contributed by atoms with E-state index >= 15 is 0 Å². The van der Waals surface area contributed by atoms with Crippen LogP contribution in [0, 0.1) is 11.7 Å². The van der Waals surface area contributed by atoms with Gasteiger partial charge in [-0.15, -0.1) is 0 Å². The molecular weight excluding hydrogens is 383 g/mol. The summed E-state index contributed by atoms with van der Waals surface area (Å²) in [6.45, 7) is 0. The SMILES string of the molecule is COc1ccc(NC(=O)C[C@@H]2C=CCC2)cc1NS(=O)(=O)c1ccc(F)cc1. The van der Waals surface area contributed by atoms with E-state index in [2.05, 4.69) is 16.1 Å². The van der Waals surface area contributed by atoms with E-state index in [4.69, 9.17) is 4.74 Å². The Balaban J connectivity index is 1.77. The van der Waals surface area contributed by atoms with Crippen molar-refractivity contribution in [2.45, 2.75) is 24.2 Å². The van der Waals surface area contributed by atoms with E-state index in [1.165, 1.54) is 25.3 Å². The topological polar surface area (TPSA) is 84.5 Å². The number of amides is 1. The number of rotatable bonds is 7. The highest BCUT2D eigenvalue weighted by Crippen LogP contribution is 2.30. The van der Waals surface area contributed by atoms with Crippen LogP contribution in [0.3, 0.4) is 0 Å². The lowest BCUT2D eigenvalue weighted by Gasteiger charge is -2.14. The normalized spacial score (nSPS) is 16.0. The maximum absolute atomic E-state index is 13.1. The van der Waals surface area contributed by atoms with Gasteiger partial charge in [-0.3, -0.25) is 9.52 Å². The number of hydrogen-bond acceptors (Lipinski definition) is 4. The van der Waals surface area contributed by atoms with Crippen LogP contribution in [0.15, 0.2) is 59.5 Å². The van der Waals surface area contributed by atoms with E-state index in [1.54, 1.807) is 12.1 Å². The second-order valence-electron chi connectivity index (χ2n) is 6.49.